The monoisotopic (exact) mass is 274 g/mol. The fraction of sp³-hybridized carbons (Fsp3) is 0.429. The molecule has 0 radical (unpaired) electrons. The van der Waals surface area contributed by atoms with Crippen LogP contribution in [0.5, 0.6) is 0 Å². The number of carboxylic acid groups (broad SMARTS) is 1. The summed E-state index contributed by atoms with van der Waals surface area (Å²) in [6, 6.07) is 6.94. The maximum absolute atomic E-state index is 11.5. The van der Waals surface area contributed by atoms with Gasteiger partial charge in [0.05, 0.1) is 0 Å². The van der Waals surface area contributed by atoms with Crippen LogP contribution in [0.25, 0.3) is 11.4 Å². The lowest BCUT2D eigenvalue weighted by atomic mass is 10.0. The van der Waals surface area contributed by atoms with Gasteiger partial charge in [0.15, 0.2) is 11.9 Å². The summed E-state index contributed by atoms with van der Waals surface area (Å²) in [5.41, 5.74) is 1.94. The molecule has 20 heavy (non-hydrogen) atoms. The predicted octanol–water partition coefficient (Wildman–Crippen LogP) is 2.32. The predicted molar refractivity (Wildman–Crippen MR) is 74.1 cm³/mol. The zero-order valence-corrected chi connectivity index (χ0v) is 11.8. The van der Waals surface area contributed by atoms with E-state index >= 15 is 0 Å². The number of benzene rings is 1. The molecule has 1 atom stereocenters. The van der Waals surface area contributed by atoms with Crippen LogP contribution in [0.1, 0.15) is 31.9 Å². The Labute approximate surface area is 117 Å². The molecule has 6 nitrogen and oxygen atoms in total. The summed E-state index contributed by atoms with van der Waals surface area (Å²) < 4.78 is 1.40. The second kappa shape index (κ2) is 5.81. The molecule has 0 amide bonds. The summed E-state index contributed by atoms with van der Waals surface area (Å²) in [5.74, 6) is -0.191. The molecular weight excluding hydrogens is 256 g/mol. The van der Waals surface area contributed by atoms with Crippen molar-refractivity contribution in [2.75, 3.05) is 0 Å². The number of hydrogen-bond donors (Lipinski definition) is 1. The van der Waals surface area contributed by atoms with E-state index in [1.54, 1.807) is 0 Å². The second-order valence-corrected chi connectivity index (χ2v) is 5.30. The van der Waals surface area contributed by atoms with Crippen molar-refractivity contribution >= 4 is 5.97 Å². The van der Waals surface area contributed by atoms with Gasteiger partial charge in [-0.25, -0.2) is 9.48 Å². The molecule has 0 aliphatic heterocycles. The van der Waals surface area contributed by atoms with Gasteiger partial charge >= 0.3 is 5.97 Å². The first-order chi connectivity index (χ1) is 9.49. The van der Waals surface area contributed by atoms with Crippen LogP contribution in [0.2, 0.25) is 0 Å². The number of aliphatic carboxylic acids is 1. The third-order valence-corrected chi connectivity index (χ3v) is 3.08. The fourth-order valence-corrected chi connectivity index (χ4v) is 2.05. The summed E-state index contributed by atoms with van der Waals surface area (Å²) in [6.07, 6.45) is 0.485. The zero-order chi connectivity index (χ0) is 14.7. The van der Waals surface area contributed by atoms with E-state index in [0.717, 1.165) is 11.1 Å². The number of hydrogen-bond acceptors (Lipinski definition) is 4. The van der Waals surface area contributed by atoms with Crippen LogP contribution in [0.15, 0.2) is 24.3 Å². The molecule has 0 bridgehead atoms. The van der Waals surface area contributed by atoms with Gasteiger partial charge in [0.25, 0.3) is 0 Å². The van der Waals surface area contributed by atoms with Crippen molar-refractivity contribution in [2.24, 2.45) is 5.92 Å². The minimum Gasteiger partial charge on any atom is -0.480 e. The van der Waals surface area contributed by atoms with Gasteiger partial charge in [-0.15, -0.1) is 5.10 Å². The standard InChI is InChI=1S/C14H18N4O2/c1-9(2)8-12(14(19)20)18-13(15-16-17-18)11-6-4-10(3)5-7-11/h4-7,9,12H,8H2,1-3H3,(H,19,20). The van der Waals surface area contributed by atoms with Gasteiger partial charge in [0, 0.05) is 5.56 Å². The lowest BCUT2D eigenvalue weighted by Gasteiger charge is -2.16. The fourth-order valence-electron chi connectivity index (χ4n) is 2.05. The molecule has 2 rings (SSSR count). The Balaban J connectivity index is 2.40. The maximum Gasteiger partial charge on any atom is 0.328 e. The van der Waals surface area contributed by atoms with Crippen LogP contribution in [-0.2, 0) is 4.79 Å². The van der Waals surface area contributed by atoms with Crippen molar-refractivity contribution < 1.29 is 9.90 Å². The minimum absolute atomic E-state index is 0.242. The number of rotatable bonds is 5. The number of carboxylic acids is 1. The molecule has 1 aromatic carbocycles. The maximum atomic E-state index is 11.5. The summed E-state index contributed by atoms with van der Waals surface area (Å²) >= 11 is 0. The number of carbonyl (C=O) groups is 1. The quantitative estimate of drug-likeness (QED) is 0.905. The smallest absolute Gasteiger partial charge is 0.328 e. The molecule has 0 saturated carbocycles. The highest BCUT2D eigenvalue weighted by molar-refractivity contribution is 5.72. The van der Waals surface area contributed by atoms with Crippen molar-refractivity contribution in [1.29, 1.82) is 0 Å². The Morgan fingerprint density at radius 1 is 1.30 bits per heavy atom. The molecular formula is C14H18N4O2. The first kappa shape index (κ1) is 14.2. The Bertz CT molecular complexity index is 589. The Hall–Kier alpha value is -2.24. The van der Waals surface area contributed by atoms with Gasteiger partial charge in [-0.3, -0.25) is 0 Å². The molecule has 1 N–H and O–H groups in total. The molecule has 0 aliphatic rings. The van der Waals surface area contributed by atoms with Crippen LogP contribution in [0.4, 0.5) is 0 Å². The van der Waals surface area contributed by atoms with E-state index in [1.807, 2.05) is 45.0 Å². The van der Waals surface area contributed by atoms with Crippen LogP contribution < -0.4 is 0 Å². The third-order valence-electron chi connectivity index (χ3n) is 3.08. The van der Waals surface area contributed by atoms with E-state index < -0.39 is 12.0 Å². The van der Waals surface area contributed by atoms with Gasteiger partial charge in [0.2, 0.25) is 0 Å². The van der Waals surface area contributed by atoms with Crippen molar-refractivity contribution in [2.45, 2.75) is 33.2 Å². The summed E-state index contributed by atoms with van der Waals surface area (Å²) in [6.45, 7) is 5.95. The molecule has 0 saturated heterocycles. The molecule has 106 valence electrons. The summed E-state index contributed by atoms with van der Waals surface area (Å²) in [4.78, 5) is 11.5. The van der Waals surface area contributed by atoms with E-state index in [0.29, 0.717) is 12.2 Å². The molecule has 0 spiro atoms. The van der Waals surface area contributed by atoms with Crippen LogP contribution in [0.3, 0.4) is 0 Å². The van der Waals surface area contributed by atoms with Crippen LogP contribution >= 0.6 is 0 Å². The molecule has 2 aromatic rings. The van der Waals surface area contributed by atoms with Gasteiger partial charge in [-0.05, 0) is 29.7 Å². The van der Waals surface area contributed by atoms with Crippen molar-refractivity contribution in [3.63, 3.8) is 0 Å². The van der Waals surface area contributed by atoms with Crippen molar-refractivity contribution in [3.8, 4) is 11.4 Å². The summed E-state index contributed by atoms with van der Waals surface area (Å²) in [5, 5.41) is 20.9. The average Bonchev–Trinajstić information content (AvgIpc) is 2.85. The largest absolute Gasteiger partial charge is 0.480 e. The first-order valence-corrected chi connectivity index (χ1v) is 6.56. The topological polar surface area (TPSA) is 80.9 Å². The van der Waals surface area contributed by atoms with E-state index in [-0.39, 0.29) is 5.92 Å². The average molecular weight is 274 g/mol. The number of nitrogens with zero attached hydrogens (tertiary/aromatic N) is 4. The van der Waals surface area contributed by atoms with Gasteiger partial charge in [-0.2, -0.15) is 0 Å². The Morgan fingerprint density at radius 3 is 2.50 bits per heavy atom. The molecule has 1 heterocycles. The van der Waals surface area contributed by atoms with E-state index in [9.17, 15) is 9.90 Å². The summed E-state index contributed by atoms with van der Waals surface area (Å²) in [7, 11) is 0. The third kappa shape index (κ3) is 3.01. The highest BCUT2D eigenvalue weighted by atomic mass is 16.4. The number of tetrazole rings is 1. The van der Waals surface area contributed by atoms with E-state index in [2.05, 4.69) is 15.5 Å². The Morgan fingerprint density at radius 2 is 1.95 bits per heavy atom. The van der Waals surface area contributed by atoms with Crippen LogP contribution in [0, 0.1) is 12.8 Å². The molecule has 1 aromatic heterocycles. The molecule has 0 aliphatic carbocycles. The number of aromatic nitrogens is 4. The van der Waals surface area contributed by atoms with Gasteiger partial charge < -0.3 is 5.11 Å². The zero-order valence-electron chi connectivity index (χ0n) is 11.8. The van der Waals surface area contributed by atoms with Gasteiger partial charge in [-0.1, -0.05) is 43.7 Å². The lowest BCUT2D eigenvalue weighted by Crippen LogP contribution is -2.23. The normalized spacial score (nSPS) is 12.6. The van der Waals surface area contributed by atoms with Crippen molar-refractivity contribution in [1.82, 2.24) is 20.2 Å². The molecule has 1 unspecified atom stereocenters. The van der Waals surface area contributed by atoms with Crippen molar-refractivity contribution in [3.05, 3.63) is 29.8 Å². The second-order valence-electron chi connectivity index (χ2n) is 5.30. The Kier molecular flexibility index (Phi) is 4.12. The molecule has 0 fully saturated rings. The highest BCUT2D eigenvalue weighted by Gasteiger charge is 2.25. The molecule has 6 heteroatoms. The highest BCUT2D eigenvalue weighted by Crippen LogP contribution is 2.23. The van der Waals surface area contributed by atoms with E-state index in [1.165, 1.54) is 4.68 Å². The minimum atomic E-state index is -0.917. The van der Waals surface area contributed by atoms with Gasteiger partial charge in [0.1, 0.15) is 0 Å². The first-order valence-electron chi connectivity index (χ1n) is 6.56. The number of aryl methyl sites for hydroxylation is 1. The lowest BCUT2D eigenvalue weighted by molar-refractivity contribution is -0.141. The van der Waals surface area contributed by atoms with E-state index in [4.69, 9.17) is 0 Å². The van der Waals surface area contributed by atoms with Crippen LogP contribution in [-0.4, -0.2) is 31.3 Å². The SMILES string of the molecule is Cc1ccc(-c2nnnn2C(CC(C)C)C(=O)O)cc1.